The molecule has 0 saturated heterocycles. The highest BCUT2D eigenvalue weighted by Crippen LogP contribution is 2.51. The van der Waals surface area contributed by atoms with Crippen molar-refractivity contribution in [3.63, 3.8) is 0 Å². The van der Waals surface area contributed by atoms with Gasteiger partial charge in [0.15, 0.2) is 5.82 Å². The number of hydrogen-bond donors (Lipinski definition) is 0. The number of fused-ring (bicyclic) bond motifs is 3. The van der Waals surface area contributed by atoms with Crippen molar-refractivity contribution in [2.24, 2.45) is 0 Å². The molecule has 0 bridgehead atoms. The fourth-order valence-corrected chi connectivity index (χ4v) is 6.50. The lowest BCUT2D eigenvalue weighted by molar-refractivity contribution is 0.418. The Kier molecular flexibility index (Phi) is 6.44. The molecule has 46 heavy (non-hydrogen) atoms. The molecule has 0 spiro atoms. The third-order valence-corrected chi connectivity index (χ3v) is 8.83. The summed E-state index contributed by atoms with van der Waals surface area (Å²) in [6, 6.07) is 45.0. The number of aromatic nitrogens is 3. The summed E-state index contributed by atoms with van der Waals surface area (Å²) in [5.41, 5.74) is 10.4. The third-order valence-electron chi connectivity index (χ3n) is 8.83. The van der Waals surface area contributed by atoms with E-state index in [2.05, 4.69) is 85.6 Å². The molecule has 0 N–H and O–H groups in total. The monoisotopic (exact) mass is 592 g/mol. The average molecular weight is 593 g/mol. The molecule has 0 saturated carbocycles. The molecule has 1 aliphatic heterocycles. The number of rotatable bonds is 4. The van der Waals surface area contributed by atoms with Gasteiger partial charge in [0.25, 0.3) is 0 Å². The lowest BCUT2D eigenvalue weighted by Gasteiger charge is -2.36. The molecule has 0 fully saturated rings. The Morgan fingerprint density at radius 1 is 0.652 bits per heavy atom. The maximum atomic E-state index is 9.42. The van der Waals surface area contributed by atoms with Crippen LogP contribution in [0.3, 0.4) is 0 Å². The zero-order valence-corrected chi connectivity index (χ0v) is 25.4. The van der Waals surface area contributed by atoms with Gasteiger partial charge in [0.1, 0.15) is 11.5 Å². The number of nitrogens with zero attached hydrogens (tertiary/aromatic N) is 4. The highest BCUT2D eigenvalue weighted by Gasteiger charge is 2.36. The minimum Gasteiger partial charge on any atom is -0.457 e. The molecule has 0 aliphatic carbocycles. The topological polar surface area (TPSA) is 71.7 Å². The number of pyridine rings is 1. The Balaban J connectivity index is 1.17. The van der Waals surface area contributed by atoms with Gasteiger partial charge in [0, 0.05) is 44.8 Å². The maximum absolute atomic E-state index is 9.42. The van der Waals surface area contributed by atoms with E-state index in [0.29, 0.717) is 11.4 Å². The third kappa shape index (κ3) is 4.60. The van der Waals surface area contributed by atoms with E-state index >= 15 is 0 Å². The Bertz CT molecular complexity index is 2300. The summed E-state index contributed by atoms with van der Waals surface area (Å²) in [7, 11) is 0. The predicted molar refractivity (Wildman–Crippen MR) is 182 cm³/mol. The van der Waals surface area contributed by atoms with Crippen molar-refractivity contribution in [2.45, 2.75) is 19.3 Å². The number of benzene rings is 5. The summed E-state index contributed by atoms with van der Waals surface area (Å²) in [5.74, 6) is 2.22. The van der Waals surface area contributed by atoms with Crippen molar-refractivity contribution in [2.75, 3.05) is 0 Å². The number of nitriles is 1. The Morgan fingerprint density at radius 3 is 2.17 bits per heavy atom. The van der Waals surface area contributed by atoms with Crippen LogP contribution in [0.1, 0.15) is 30.5 Å². The van der Waals surface area contributed by atoms with Crippen molar-refractivity contribution in [1.82, 2.24) is 15.0 Å². The zero-order valence-electron chi connectivity index (χ0n) is 25.4. The van der Waals surface area contributed by atoms with Gasteiger partial charge in [-0.2, -0.15) is 5.26 Å². The molecule has 0 radical (unpaired) electrons. The Labute approximate surface area is 267 Å². The van der Waals surface area contributed by atoms with Crippen molar-refractivity contribution < 1.29 is 4.74 Å². The van der Waals surface area contributed by atoms with E-state index in [-0.39, 0.29) is 5.41 Å². The Morgan fingerprint density at radius 2 is 1.39 bits per heavy atom. The van der Waals surface area contributed by atoms with Gasteiger partial charge in [-0.1, -0.05) is 105 Å². The molecular formula is C41H28N4O. The Hall–Kier alpha value is -6.12. The molecule has 8 rings (SSSR count). The number of hydrogen-bond acceptors (Lipinski definition) is 5. The first kappa shape index (κ1) is 27.4. The highest BCUT2D eigenvalue weighted by atomic mass is 16.5. The molecule has 0 atom stereocenters. The number of para-hydroxylation sites is 1. The molecule has 7 aromatic rings. The molecular weight excluding hydrogens is 564 g/mol. The van der Waals surface area contributed by atoms with Gasteiger partial charge in [0.05, 0.1) is 28.5 Å². The largest absolute Gasteiger partial charge is 0.457 e. The fraction of sp³-hybridized carbons (Fsp3) is 0.0732. The van der Waals surface area contributed by atoms with Gasteiger partial charge in [-0.05, 0) is 47.5 Å². The van der Waals surface area contributed by atoms with Gasteiger partial charge in [-0.15, -0.1) is 0 Å². The summed E-state index contributed by atoms with van der Waals surface area (Å²) in [6.45, 7) is 4.43. The van der Waals surface area contributed by atoms with Crippen LogP contribution >= 0.6 is 0 Å². The van der Waals surface area contributed by atoms with Gasteiger partial charge < -0.3 is 4.74 Å². The van der Waals surface area contributed by atoms with Crippen LogP contribution in [0.25, 0.3) is 55.9 Å². The van der Waals surface area contributed by atoms with Crippen LogP contribution in [-0.4, -0.2) is 15.0 Å². The van der Waals surface area contributed by atoms with Crippen LogP contribution in [0, 0.1) is 11.3 Å². The van der Waals surface area contributed by atoms with Crippen molar-refractivity contribution >= 4 is 10.9 Å². The fourth-order valence-electron chi connectivity index (χ4n) is 6.50. The number of ether oxygens (including phenoxy) is 1. The standard InChI is InChI=1S/C41H28N4O/c1-41(2)33-22-13-26(25-42)24-37(33)46-36-12-7-9-31(38(36)41)27-14-20-30(21-15-27)40-44-35-11-4-3-8-32(35)39(45-40)29-18-16-28(17-19-29)34-10-5-6-23-43-34/h3-24H,1-2H3. The van der Waals surface area contributed by atoms with Crippen LogP contribution in [0.15, 0.2) is 134 Å². The first-order valence-electron chi connectivity index (χ1n) is 15.2. The lowest BCUT2D eigenvalue weighted by atomic mass is 9.72. The first-order valence-corrected chi connectivity index (χ1v) is 15.2. The average Bonchev–Trinajstić information content (AvgIpc) is 3.11. The SMILES string of the molecule is CC1(C)c2ccc(C#N)cc2Oc2cccc(-c3ccc(-c4nc(-c5ccc(-c6ccccn6)cc5)c5ccccc5n4)cc3)c21. The molecule has 0 amide bonds. The molecule has 5 nitrogen and oxygen atoms in total. The van der Waals surface area contributed by atoms with Crippen LogP contribution < -0.4 is 4.74 Å². The van der Waals surface area contributed by atoms with Gasteiger partial charge in [-0.25, -0.2) is 9.97 Å². The van der Waals surface area contributed by atoms with Gasteiger partial charge >= 0.3 is 0 Å². The van der Waals surface area contributed by atoms with Gasteiger partial charge in [0.2, 0.25) is 0 Å². The molecule has 218 valence electrons. The summed E-state index contributed by atoms with van der Waals surface area (Å²) in [5, 5.41) is 10.4. The summed E-state index contributed by atoms with van der Waals surface area (Å²) < 4.78 is 6.36. The highest BCUT2D eigenvalue weighted by molar-refractivity contribution is 5.94. The van der Waals surface area contributed by atoms with Gasteiger partial charge in [-0.3, -0.25) is 4.98 Å². The van der Waals surface area contributed by atoms with E-state index in [1.165, 1.54) is 0 Å². The summed E-state index contributed by atoms with van der Waals surface area (Å²) >= 11 is 0. The maximum Gasteiger partial charge on any atom is 0.160 e. The second kappa shape index (κ2) is 10.8. The van der Waals surface area contributed by atoms with E-state index in [4.69, 9.17) is 14.7 Å². The van der Waals surface area contributed by atoms with Crippen LogP contribution in [-0.2, 0) is 5.41 Å². The van der Waals surface area contributed by atoms with E-state index in [9.17, 15) is 5.26 Å². The van der Waals surface area contributed by atoms with Crippen LogP contribution in [0.2, 0.25) is 0 Å². The normalized spacial score (nSPS) is 12.9. The first-order chi connectivity index (χ1) is 22.5. The van der Waals surface area contributed by atoms with E-state index in [0.717, 1.165) is 72.7 Å². The van der Waals surface area contributed by atoms with Crippen LogP contribution in [0.5, 0.6) is 11.5 Å². The van der Waals surface area contributed by atoms with E-state index in [1.54, 1.807) is 0 Å². The molecule has 1 aliphatic rings. The van der Waals surface area contributed by atoms with Crippen molar-refractivity contribution in [1.29, 1.82) is 5.26 Å². The summed E-state index contributed by atoms with van der Waals surface area (Å²) in [4.78, 5) is 14.6. The minimum atomic E-state index is -0.325. The van der Waals surface area contributed by atoms with E-state index in [1.807, 2.05) is 72.9 Å². The molecule has 2 aromatic heterocycles. The molecule has 0 unspecified atom stereocenters. The molecule has 3 heterocycles. The van der Waals surface area contributed by atoms with Crippen molar-refractivity contribution in [3.8, 4) is 62.6 Å². The van der Waals surface area contributed by atoms with Crippen molar-refractivity contribution in [3.05, 3.63) is 150 Å². The quantitative estimate of drug-likeness (QED) is 0.203. The summed E-state index contributed by atoms with van der Waals surface area (Å²) in [6.07, 6.45) is 1.81. The lowest BCUT2D eigenvalue weighted by Crippen LogP contribution is -2.25. The van der Waals surface area contributed by atoms with E-state index < -0.39 is 0 Å². The second-order valence-corrected chi connectivity index (χ2v) is 12.0. The minimum absolute atomic E-state index is 0.325. The smallest absolute Gasteiger partial charge is 0.160 e. The zero-order chi connectivity index (χ0) is 31.3. The van der Waals surface area contributed by atoms with Crippen LogP contribution in [0.4, 0.5) is 0 Å². The molecule has 5 aromatic carbocycles. The molecule has 5 heteroatoms. The second-order valence-electron chi connectivity index (χ2n) is 12.0. The predicted octanol–water partition coefficient (Wildman–Crippen LogP) is 10.00.